The van der Waals surface area contributed by atoms with Gasteiger partial charge >= 0.3 is 6.09 Å². The molecule has 1 amide bonds. The Labute approximate surface area is 99.7 Å². The molecule has 0 aromatic heterocycles. The zero-order valence-corrected chi connectivity index (χ0v) is 9.84. The quantitative estimate of drug-likeness (QED) is 0.802. The molecule has 0 aliphatic rings. The number of carbonyl (C=O) groups excluding carboxylic acids is 1. The van der Waals surface area contributed by atoms with E-state index < -0.39 is 11.7 Å². The summed E-state index contributed by atoms with van der Waals surface area (Å²) in [6.07, 6.45) is 4.57. The van der Waals surface area contributed by atoms with Gasteiger partial charge in [0, 0.05) is 0 Å². The molecule has 16 heavy (non-hydrogen) atoms. The topological polar surface area (TPSA) is 38.3 Å². The normalized spacial score (nSPS) is 10.4. The van der Waals surface area contributed by atoms with Crippen LogP contribution in [-0.4, -0.2) is 11.7 Å². The van der Waals surface area contributed by atoms with Gasteiger partial charge in [-0.15, -0.1) is 6.42 Å². The van der Waals surface area contributed by atoms with E-state index in [1.54, 1.807) is 38.1 Å². The van der Waals surface area contributed by atoms with Crippen LogP contribution in [0.5, 0.6) is 0 Å². The Hall–Kier alpha value is -1.66. The van der Waals surface area contributed by atoms with Gasteiger partial charge in [0.25, 0.3) is 0 Å². The second-order valence-corrected chi connectivity index (χ2v) is 4.06. The number of para-hydroxylation sites is 1. The molecular weight excluding hydrogens is 226 g/mol. The minimum Gasteiger partial charge on any atom is -0.430 e. The zero-order valence-electron chi connectivity index (χ0n) is 9.08. The van der Waals surface area contributed by atoms with Crippen molar-refractivity contribution < 1.29 is 9.53 Å². The maximum Gasteiger partial charge on any atom is 0.413 e. The molecule has 3 nitrogen and oxygen atoms in total. The Morgan fingerprint density at radius 2 is 2.12 bits per heavy atom. The van der Waals surface area contributed by atoms with Gasteiger partial charge in [-0.1, -0.05) is 29.7 Å². The number of terminal acetylenes is 1. The highest BCUT2D eigenvalue weighted by atomic mass is 35.5. The van der Waals surface area contributed by atoms with Crippen molar-refractivity contribution in [3.05, 3.63) is 29.3 Å². The van der Waals surface area contributed by atoms with Gasteiger partial charge in [0.2, 0.25) is 0 Å². The fraction of sp³-hybridized carbons (Fsp3) is 0.250. The summed E-state index contributed by atoms with van der Waals surface area (Å²) in [4.78, 5) is 11.5. The van der Waals surface area contributed by atoms with Crippen molar-refractivity contribution in [2.24, 2.45) is 0 Å². The summed E-state index contributed by atoms with van der Waals surface area (Å²) in [7, 11) is 0. The Morgan fingerprint density at radius 1 is 1.50 bits per heavy atom. The maximum absolute atomic E-state index is 11.5. The molecule has 0 heterocycles. The molecule has 1 aromatic rings. The average molecular weight is 238 g/mol. The molecule has 1 N–H and O–H groups in total. The summed E-state index contributed by atoms with van der Waals surface area (Å²) in [6, 6.07) is 6.87. The van der Waals surface area contributed by atoms with Gasteiger partial charge < -0.3 is 4.74 Å². The van der Waals surface area contributed by atoms with Crippen molar-refractivity contribution in [3.8, 4) is 12.3 Å². The zero-order chi connectivity index (χ0) is 12.2. The summed E-state index contributed by atoms with van der Waals surface area (Å²) in [5, 5.41) is 2.95. The van der Waals surface area contributed by atoms with Gasteiger partial charge in [0.1, 0.15) is 0 Å². The Balaban J connectivity index is 2.67. The third-order valence-electron chi connectivity index (χ3n) is 1.81. The van der Waals surface area contributed by atoms with Crippen LogP contribution in [0.25, 0.3) is 0 Å². The Bertz CT molecular complexity index is 435. The van der Waals surface area contributed by atoms with Crippen LogP contribution < -0.4 is 5.32 Å². The maximum atomic E-state index is 11.5. The molecule has 0 radical (unpaired) electrons. The number of halogens is 1. The molecule has 1 rings (SSSR count). The number of rotatable bonds is 2. The van der Waals surface area contributed by atoms with Crippen LogP contribution in [0.4, 0.5) is 10.5 Å². The summed E-state index contributed by atoms with van der Waals surface area (Å²) in [5.41, 5.74) is -0.451. The SMILES string of the molecule is C#CC(C)(C)OC(=O)Nc1ccccc1Cl. The molecule has 0 fully saturated rings. The summed E-state index contributed by atoms with van der Waals surface area (Å²) < 4.78 is 5.00. The smallest absolute Gasteiger partial charge is 0.413 e. The van der Waals surface area contributed by atoms with E-state index >= 15 is 0 Å². The monoisotopic (exact) mass is 237 g/mol. The van der Waals surface area contributed by atoms with Crippen molar-refractivity contribution in [3.63, 3.8) is 0 Å². The van der Waals surface area contributed by atoms with E-state index in [-0.39, 0.29) is 0 Å². The highest BCUT2D eigenvalue weighted by Crippen LogP contribution is 2.21. The number of nitrogens with one attached hydrogen (secondary N) is 1. The molecule has 4 heteroatoms. The number of amides is 1. The second kappa shape index (κ2) is 4.91. The van der Waals surface area contributed by atoms with Crippen molar-refractivity contribution in [1.82, 2.24) is 0 Å². The summed E-state index contributed by atoms with van der Waals surface area (Å²) in [6.45, 7) is 3.25. The van der Waals surface area contributed by atoms with E-state index in [0.29, 0.717) is 10.7 Å². The van der Waals surface area contributed by atoms with E-state index in [9.17, 15) is 4.79 Å². The molecule has 1 aromatic carbocycles. The van der Waals surface area contributed by atoms with Crippen LogP contribution >= 0.6 is 11.6 Å². The van der Waals surface area contributed by atoms with Crippen LogP contribution in [0.15, 0.2) is 24.3 Å². The molecule has 0 saturated carbocycles. The van der Waals surface area contributed by atoms with Gasteiger partial charge in [-0.2, -0.15) is 0 Å². The van der Waals surface area contributed by atoms with Gasteiger partial charge in [-0.3, -0.25) is 5.32 Å². The first kappa shape index (κ1) is 12.4. The lowest BCUT2D eigenvalue weighted by Crippen LogP contribution is -2.28. The van der Waals surface area contributed by atoms with Crippen LogP contribution in [0.1, 0.15) is 13.8 Å². The second-order valence-electron chi connectivity index (χ2n) is 3.65. The Morgan fingerprint density at radius 3 is 2.69 bits per heavy atom. The Kier molecular flexibility index (Phi) is 3.81. The van der Waals surface area contributed by atoms with Crippen molar-refractivity contribution >= 4 is 23.4 Å². The van der Waals surface area contributed by atoms with Gasteiger partial charge in [0.15, 0.2) is 5.60 Å². The van der Waals surface area contributed by atoms with Gasteiger partial charge in [-0.05, 0) is 26.0 Å². The number of carbonyl (C=O) groups is 1. The summed E-state index contributed by atoms with van der Waals surface area (Å²) in [5.74, 6) is 2.36. The van der Waals surface area contributed by atoms with Crippen molar-refractivity contribution in [1.29, 1.82) is 0 Å². The number of hydrogen-bond acceptors (Lipinski definition) is 2. The third kappa shape index (κ3) is 3.48. The minimum atomic E-state index is -0.939. The third-order valence-corrected chi connectivity index (χ3v) is 2.14. The van der Waals surface area contributed by atoms with E-state index in [2.05, 4.69) is 11.2 Å². The largest absolute Gasteiger partial charge is 0.430 e. The lowest BCUT2D eigenvalue weighted by atomic mass is 10.1. The van der Waals surface area contributed by atoms with Crippen molar-refractivity contribution in [2.75, 3.05) is 5.32 Å². The van der Waals surface area contributed by atoms with E-state index in [1.165, 1.54) is 0 Å². The van der Waals surface area contributed by atoms with Crippen LogP contribution in [0, 0.1) is 12.3 Å². The predicted molar refractivity (Wildman–Crippen MR) is 64.5 cm³/mol. The van der Waals surface area contributed by atoms with Crippen molar-refractivity contribution in [2.45, 2.75) is 19.4 Å². The molecule has 0 atom stereocenters. The fourth-order valence-corrected chi connectivity index (χ4v) is 1.14. The van der Waals surface area contributed by atoms with Gasteiger partial charge in [-0.25, -0.2) is 4.79 Å². The molecule has 84 valence electrons. The highest BCUT2D eigenvalue weighted by molar-refractivity contribution is 6.33. The highest BCUT2D eigenvalue weighted by Gasteiger charge is 2.19. The number of ether oxygens (including phenoxy) is 1. The standard InChI is InChI=1S/C12H12ClNO2/c1-4-12(2,3)16-11(15)14-10-8-6-5-7-9(10)13/h1,5-8H,2-3H3,(H,14,15). The number of hydrogen-bond donors (Lipinski definition) is 1. The fourth-order valence-electron chi connectivity index (χ4n) is 0.959. The lowest BCUT2D eigenvalue weighted by Gasteiger charge is -2.18. The van der Waals surface area contributed by atoms with E-state index in [4.69, 9.17) is 22.8 Å². The van der Waals surface area contributed by atoms with Gasteiger partial charge in [0.05, 0.1) is 10.7 Å². The molecule has 0 spiro atoms. The first-order chi connectivity index (χ1) is 7.44. The first-order valence-electron chi connectivity index (χ1n) is 4.67. The lowest BCUT2D eigenvalue weighted by molar-refractivity contribution is 0.0906. The van der Waals surface area contributed by atoms with Crippen LogP contribution in [0.3, 0.4) is 0 Å². The molecular formula is C12H12ClNO2. The minimum absolute atomic E-state index is 0.443. The molecule has 0 aliphatic carbocycles. The van der Waals surface area contributed by atoms with Crippen LogP contribution in [0.2, 0.25) is 5.02 Å². The molecule has 0 bridgehead atoms. The number of benzene rings is 1. The van der Waals surface area contributed by atoms with E-state index in [0.717, 1.165) is 0 Å². The molecule has 0 saturated heterocycles. The molecule has 0 aliphatic heterocycles. The average Bonchev–Trinajstić information content (AvgIpc) is 2.21. The van der Waals surface area contributed by atoms with E-state index in [1.807, 2.05) is 0 Å². The van der Waals surface area contributed by atoms with Crippen LogP contribution in [-0.2, 0) is 4.74 Å². The molecule has 0 unspecified atom stereocenters. The number of anilines is 1. The predicted octanol–water partition coefficient (Wildman–Crippen LogP) is 3.30. The first-order valence-corrected chi connectivity index (χ1v) is 5.05. The summed E-state index contributed by atoms with van der Waals surface area (Å²) >= 11 is 5.86.